The van der Waals surface area contributed by atoms with Gasteiger partial charge in [0.1, 0.15) is 17.6 Å². The fourth-order valence-electron chi connectivity index (χ4n) is 2.52. The summed E-state index contributed by atoms with van der Waals surface area (Å²) in [7, 11) is 0. The van der Waals surface area contributed by atoms with Crippen molar-refractivity contribution in [1.29, 1.82) is 0 Å². The van der Waals surface area contributed by atoms with E-state index in [-0.39, 0.29) is 30.8 Å². The lowest BCUT2D eigenvalue weighted by molar-refractivity contribution is -0.142. The Morgan fingerprint density at radius 1 is 1.14 bits per heavy atom. The Morgan fingerprint density at radius 2 is 1.79 bits per heavy atom. The lowest BCUT2D eigenvalue weighted by atomic mass is 10.1. The van der Waals surface area contributed by atoms with Crippen molar-refractivity contribution in [1.82, 2.24) is 10.2 Å². The Morgan fingerprint density at radius 3 is 2.39 bits per heavy atom. The minimum Gasteiger partial charge on any atom is -0.484 e. The predicted octanol–water partition coefficient (Wildman–Crippen LogP) is 3.80. The molecule has 0 aliphatic rings. The largest absolute Gasteiger partial charge is 0.484 e. The van der Waals surface area contributed by atoms with Crippen LogP contribution in [-0.4, -0.2) is 35.9 Å². The molecule has 150 valence electrons. The SMILES string of the molecule is CCCNC(=O)C(C)N(Cc1ccc(F)cc1)C(=O)COc1ccc(Cl)cc1. The molecule has 0 aromatic heterocycles. The average molecular weight is 407 g/mol. The number of nitrogens with one attached hydrogen (secondary N) is 1. The first-order chi connectivity index (χ1) is 13.4. The quantitative estimate of drug-likeness (QED) is 0.689. The Bertz CT molecular complexity index is 781. The van der Waals surface area contributed by atoms with E-state index in [9.17, 15) is 14.0 Å². The molecular formula is C21H24ClFN2O3. The van der Waals surface area contributed by atoms with Crippen molar-refractivity contribution in [3.63, 3.8) is 0 Å². The number of benzene rings is 2. The van der Waals surface area contributed by atoms with Crippen LogP contribution < -0.4 is 10.1 Å². The lowest BCUT2D eigenvalue weighted by Crippen LogP contribution is -2.49. The van der Waals surface area contributed by atoms with Crippen molar-refractivity contribution in [2.75, 3.05) is 13.2 Å². The van der Waals surface area contributed by atoms with Gasteiger partial charge in [-0.25, -0.2) is 4.39 Å². The third-order valence-corrected chi connectivity index (χ3v) is 4.41. The molecule has 0 saturated carbocycles. The van der Waals surface area contributed by atoms with Crippen LogP contribution in [0.1, 0.15) is 25.8 Å². The van der Waals surface area contributed by atoms with Crippen LogP contribution in [0.3, 0.4) is 0 Å². The highest BCUT2D eigenvalue weighted by Crippen LogP contribution is 2.16. The third kappa shape index (κ3) is 6.53. The van der Waals surface area contributed by atoms with Crippen molar-refractivity contribution in [3.8, 4) is 5.75 Å². The van der Waals surface area contributed by atoms with Crippen LogP contribution in [0.5, 0.6) is 5.75 Å². The molecule has 0 aliphatic heterocycles. The molecule has 7 heteroatoms. The molecule has 0 fully saturated rings. The molecule has 0 spiro atoms. The summed E-state index contributed by atoms with van der Waals surface area (Å²) >= 11 is 5.84. The van der Waals surface area contributed by atoms with E-state index >= 15 is 0 Å². The van der Waals surface area contributed by atoms with E-state index < -0.39 is 6.04 Å². The number of carbonyl (C=O) groups is 2. The van der Waals surface area contributed by atoms with Crippen molar-refractivity contribution in [2.45, 2.75) is 32.9 Å². The molecule has 0 radical (unpaired) electrons. The molecule has 1 N–H and O–H groups in total. The summed E-state index contributed by atoms with van der Waals surface area (Å²) in [5.41, 5.74) is 0.719. The maximum atomic E-state index is 13.2. The zero-order valence-electron chi connectivity index (χ0n) is 16.0. The molecule has 2 aromatic rings. The third-order valence-electron chi connectivity index (χ3n) is 4.16. The van der Waals surface area contributed by atoms with Crippen molar-refractivity contribution >= 4 is 23.4 Å². The zero-order valence-corrected chi connectivity index (χ0v) is 16.7. The molecule has 1 unspecified atom stereocenters. The molecule has 2 aromatic carbocycles. The fraction of sp³-hybridized carbons (Fsp3) is 0.333. The second kappa shape index (κ2) is 10.7. The summed E-state index contributed by atoms with van der Waals surface area (Å²) in [6.45, 7) is 4.09. The summed E-state index contributed by atoms with van der Waals surface area (Å²) in [6.07, 6.45) is 0.796. The molecular weight excluding hydrogens is 383 g/mol. The number of carbonyl (C=O) groups excluding carboxylic acids is 2. The van der Waals surface area contributed by atoms with Gasteiger partial charge >= 0.3 is 0 Å². The van der Waals surface area contributed by atoms with Gasteiger partial charge in [0.2, 0.25) is 5.91 Å². The van der Waals surface area contributed by atoms with Crippen LogP contribution in [0, 0.1) is 5.82 Å². The Hall–Kier alpha value is -2.60. The van der Waals surface area contributed by atoms with Gasteiger partial charge in [-0.3, -0.25) is 9.59 Å². The number of nitrogens with zero attached hydrogens (tertiary/aromatic N) is 1. The number of rotatable bonds is 9. The fourth-order valence-corrected chi connectivity index (χ4v) is 2.65. The number of hydrogen-bond donors (Lipinski definition) is 1. The van der Waals surface area contributed by atoms with Crippen LogP contribution in [0.2, 0.25) is 5.02 Å². The molecule has 0 saturated heterocycles. The second-order valence-corrected chi connectivity index (χ2v) is 6.79. The van der Waals surface area contributed by atoms with Gasteiger partial charge in [0, 0.05) is 18.1 Å². The van der Waals surface area contributed by atoms with Crippen LogP contribution in [0.15, 0.2) is 48.5 Å². The predicted molar refractivity (Wildman–Crippen MR) is 107 cm³/mol. The Labute approximate surface area is 169 Å². The molecule has 0 heterocycles. The van der Waals surface area contributed by atoms with Crippen molar-refractivity contribution < 1.29 is 18.7 Å². The summed E-state index contributed by atoms with van der Waals surface area (Å²) in [5.74, 6) is -0.453. The van der Waals surface area contributed by atoms with E-state index in [4.69, 9.17) is 16.3 Å². The monoisotopic (exact) mass is 406 g/mol. The smallest absolute Gasteiger partial charge is 0.261 e. The lowest BCUT2D eigenvalue weighted by Gasteiger charge is -2.28. The van der Waals surface area contributed by atoms with Crippen LogP contribution >= 0.6 is 11.6 Å². The van der Waals surface area contributed by atoms with E-state index in [1.165, 1.54) is 17.0 Å². The Kier molecular flexibility index (Phi) is 8.26. The van der Waals surface area contributed by atoms with E-state index in [1.54, 1.807) is 43.3 Å². The van der Waals surface area contributed by atoms with E-state index in [0.29, 0.717) is 17.3 Å². The highest BCUT2D eigenvalue weighted by molar-refractivity contribution is 6.30. The van der Waals surface area contributed by atoms with Gasteiger partial charge in [-0.15, -0.1) is 0 Å². The van der Waals surface area contributed by atoms with Gasteiger partial charge in [-0.2, -0.15) is 0 Å². The first kappa shape index (κ1) is 21.7. The summed E-state index contributed by atoms with van der Waals surface area (Å²) in [5, 5.41) is 3.36. The van der Waals surface area contributed by atoms with Crippen LogP contribution in [0.25, 0.3) is 0 Å². The first-order valence-electron chi connectivity index (χ1n) is 9.10. The van der Waals surface area contributed by atoms with Gasteiger partial charge < -0.3 is 15.0 Å². The van der Waals surface area contributed by atoms with Crippen LogP contribution in [-0.2, 0) is 16.1 Å². The summed E-state index contributed by atoms with van der Waals surface area (Å²) in [4.78, 5) is 26.6. The van der Waals surface area contributed by atoms with Gasteiger partial charge in [-0.05, 0) is 55.3 Å². The molecule has 5 nitrogen and oxygen atoms in total. The molecule has 2 amide bonds. The van der Waals surface area contributed by atoms with Crippen molar-refractivity contribution in [2.24, 2.45) is 0 Å². The van der Waals surface area contributed by atoms with E-state index in [0.717, 1.165) is 12.0 Å². The Balaban J connectivity index is 2.10. The van der Waals surface area contributed by atoms with Gasteiger partial charge in [0.15, 0.2) is 6.61 Å². The van der Waals surface area contributed by atoms with Gasteiger partial charge in [0.05, 0.1) is 0 Å². The highest BCUT2D eigenvalue weighted by atomic mass is 35.5. The van der Waals surface area contributed by atoms with E-state index in [1.807, 2.05) is 6.92 Å². The zero-order chi connectivity index (χ0) is 20.5. The van der Waals surface area contributed by atoms with Gasteiger partial charge in [-0.1, -0.05) is 30.7 Å². The number of hydrogen-bond acceptors (Lipinski definition) is 3. The molecule has 1 atom stereocenters. The summed E-state index contributed by atoms with van der Waals surface area (Å²) in [6, 6.07) is 11.8. The maximum absolute atomic E-state index is 13.2. The second-order valence-electron chi connectivity index (χ2n) is 6.36. The molecule has 0 bridgehead atoms. The average Bonchev–Trinajstić information content (AvgIpc) is 2.70. The minimum atomic E-state index is -0.696. The van der Waals surface area contributed by atoms with E-state index in [2.05, 4.69) is 5.32 Å². The van der Waals surface area contributed by atoms with Gasteiger partial charge in [0.25, 0.3) is 5.91 Å². The molecule has 28 heavy (non-hydrogen) atoms. The van der Waals surface area contributed by atoms with Crippen molar-refractivity contribution in [3.05, 3.63) is 64.9 Å². The normalized spacial score (nSPS) is 11.6. The standard InChI is InChI=1S/C21H24ClFN2O3/c1-3-12-24-21(27)15(2)25(13-16-4-8-18(23)9-5-16)20(26)14-28-19-10-6-17(22)7-11-19/h4-11,15H,3,12-14H2,1-2H3,(H,24,27). The first-order valence-corrected chi connectivity index (χ1v) is 9.48. The number of halogens is 2. The minimum absolute atomic E-state index is 0.170. The maximum Gasteiger partial charge on any atom is 0.261 e. The number of ether oxygens (including phenoxy) is 1. The highest BCUT2D eigenvalue weighted by Gasteiger charge is 2.26. The topological polar surface area (TPSA) is 58.6 Å². The number of amides is 2. The van der Waals surface area contributed by atoms with Crippen LogP contribution in [0.4, 0.5) is 4.39 Å². The summed E-state index contributed by atoms with van der Waals surface area (Å²) < 4.78 is 18.7. The molecule has 2 rings (SSSR count). The molecule has 0 aliphatic carbocycles.